The molecule has 1 aromatic heterocycles. The molecular weight excluding hydrogens is 485 g/mol. The van der Waals surface area contributed by atoms with Crippen LogP contribution >= 0.6 is 0 Å². The van der Waals surface area contributed by atoms with Gasteiger partial charge >= 0.3 is 23.8 Å². The Hall–Kier alpha value is -4.19. The molecular formula is C24H19F3N2O7. The maximum atomic E-state index is 13.2. The van der Waals surface area contributed by atoms with Gasteiger partial charge in [-0.25, -0.2) is 14.4 Å². The Balaban J connectivity index is 1.58. The lowest BCUT2D eigenvalue weighted by Gasteiger charge is -2.19. The Morgan fingerprint density at radius 1 is 0.972 bits per heavy atom. The molecule has 1 fully saturated rings. The number of hydrogen-bond donors (Lipinski definition) is 1. The molecule has 2 aromatic carbocycles. The van der Waals surface area contributed by atoms with Gasteiger partial charge in [0.2, 0.25) is 0 Å². The Morgan fingerprint density at radius 3 is 2.14 bits per heavy atom. The Kier molecular flexibility index (Phi) is 7.06. The number of carbonyl (C=O) groups excluding carboxylic acids is 2. The van der Waals surface area contributed by atoms with E-state index in [2.05, 4.69) is 0 Å². The molecule has 1 saturated heterocycles. The van der Waals surface area contributed by atoms with Crippen molar-refractivity contribution in [1.29, 1.82) is 0 Å². The lowest BCUT2D eigenvalue weighted by molar-refractivity contribution is -0.139. The number of nitrogens with one attached hydrogen (secondary N) is 1. The third-order valence-corrected chi connectivity index (χ3v) is 5.42. The standard InChI is InChI=1S/C24H19F3N2O7/c25-24(26,27)16-12-29(23(33)28-20(16)30)19-11-17(36-22(32)15-9-5-2-6-10-15)18(35-19)13-34-21(31)14-7-3-1-4-8-14/h1-10,12,17-19H,11,13H2,(H,28,30,33)/t17-,18+,19-/m0/s1. The molecule has 12 heteroatoms. The second-order valence-electron chi connectivity index (χ2n) is 7.85. The van der Waals surface area contributed by atoms with Crippen molar-refractivity contribution in [2.24, 2.45) is 0 Å². The number of hydrogen-bond acceptors (Lipinski definition) is 7. The number of esters is 2. The van der Waals surface area contributed by atoms with Crippen LogP contribution in [0.15, 0.2) is 76.4 Å². The van der Waals surface area contributed by atoms with Gasteiger partial charge in [0.05, 0.1) is 11.1 Å². The molecule has 0 unspecified atom stereocenters. The summed E-state index contributed by atoms with van der Waals surface area (Å²) >= 11 is 0. The van der Waals surface area contributed by atoms with Crippen LogP contribution < -0.4 is 11.2 Å². The number of halogens is 3. The van der Waals surface area contributed by atoms with E-state index in [9.17, 15) is 32.3 Å². The molecule has 4 rings (SSSR count). The van der Waals surface area contributed by atoms with E-state index in [0.717, 1.165) is 0 Å². The summed E-state index contributed by atoms with van der Waals surface area (Å²) < 4.78 is 56.7. The third-order valence-electron chi connectivity index (χ3n) is 5.42. The Bertz CT molecular complexity index is 1350. The molecule has 0 radical (unpaired) electrons. The number of alkyl halides is 3. The molecule has 3 atom stereocenters. The molecule has 0 bridgehead atoms. The summed E-state index contributed by atoms with van der Waals surface area (Å²) in [7, 11) is 0. The minimum absolute atomic E-state index is 0.210. The van der Waals surface area contributed by atoms with E-state index in [-0.39, 0.29) is 17.5 Å². The van der Waals surface area contributed by atoms with Gasteiger partial charge in [0, 0.05) is 12.6 Å². The minimum atomic E-state index is -5.02. The monoisotopic (exact) mass is 504 g/mol. The predicted octanol–water partition coefficient (Wildman–Crippen LogP) is 2.93. The summed E-state index contributed by atoms with van der Waals surface area (Å²) in [6, 6.07) is 15.9. The molecule has 0 aliphatic carbocycles. The molecule has 1 N–H and O–H groups in total. The molecule has 2 heterocycles. The zero-order valence-corrected chi connectivity index (χ0v) is 18.4. The fourth-order valence-corrected chi connectivity index (χ4v) is 3.64. The van der Waals surface area contributed by atoms with Gasteiger partial charge < -0.3 is 14.2 Å². The second-order valence-corrected chi connectivity index (χ2v) is 7.85. The van der Waals surface area contributed by atoms with Crippen LogP contribution in [0.2, 0.25) is 0 Å². The van der Waals surface area contributed by atoms with Crippen LogP contribution in [-0.2, 0) is 20.4 Å². The molecule has 1 aliphatic rings. The quantitative estimate of drug-likeness (QED) is 0.513. The zero-order chi connectivity index (χ0) is 25.9. The van der Waals surface area contributed by atoms with E-state index in [4.69, 9.17) is 14.2 Å². The van der Waals surface area contributed by atoms with Gasteiger partial charge in [0.25, 0.3) is 5.56 Å². The second kappa shape index (κ2) is 10.2. The summed E-state index contributed by atoms with van der Waals surface area (Å²) in [5.74, 6) is -1.44. The van der Waals surface area contributed by atoms with Crippen molar-refractivity contribution in [2.45, 2.75) is 31.0 Å². The normalized spacial score (nSPS) is 19.6. The molecule has 0 amide bonds. The maximum absolute atomic E-state index is 13.2. The SMILES string of the molecule is O=C(OC[C@H]1O[C@H](n2cc(C(F)(F)F)c(=O)[nH]c2=O)C[C@@H]1OC(=O)c1ccccc1)c1ccccc1. The summed E-state index contributed by atoms with van der Waals surface area (Å²) in [6.45, 7) is -0.415. The number of aromatic nitrogens is 2. The number of carbonyl (C=O) groups is 2. The highest BCUT2D eigenvalue weighted by Crippen LogP contribution is 2.32. The number of ether oxygens (including phenoxy) is 3. The lowest BCUT2D eigenvalue weighted by Crippen LogP contribution is -2.36. The van der Waals surface area contributed by atoms with Crippen LogP contribution in [0, 0.1) is 0 Å². The largest absolute Gasteiger partial charge is 0.459 e. The van der Waals surface area contributed by atoms with Crippen LogP contribution in [0.25, 0.3) is 0 Å². The average Bonchev–Trinajstić information content (AvgIpc) is 3.24. The first-order valence-electron chi connectivity index (χ1n) is 10.7. The fraction of sp³-hybridized carbons (Fsp3) is 0.250. The van der Waals surface area contributed by atoms with Crippen molar-refractivity contribution in [1.82, 2.24) is 9.55 Å². The van der Waals surface area contributed by atoms with Crippen LogP contribution in [0.4, 0.5) is 13.2 Å². The van der Waals surface area contributed by atoms with Crippen molar-refractivity contribution < 1.29 is 37.0 Å². The molecule has 0 saturated carbocycles. The first-order chi connectivity index (χ1) is 17.1. The summed E-state index contributed by atoms with van der Waals surface area (Å²) in [5, 5.41) is 0. The van der Waals surface area contributed by atoms with Gasteiger partial charge in [0.15, 0.2) is 0 Å². The Morgan fingerprint density at radius 2 is 1.56 bits per heavy atom. The predicted molar refractivity (Wildman–Crippen MR) is 117 cm³/mol. The van der Waals surface area contributed by atoms with Gasteiger partial charge in [-0.2, -0.15) is 13.2 Å². The number of rotatable bonds is 6. The van der Waals surface area contributed by atoms with E-state index in [1.807, 2.05) is 0 Å². The molecule has 0 spiro atoms. The van der Waals surface area contributed by atoms with E-state index < -0.39 is 60.0 Å². The number of aromatic amines is 1. The van der Waals surface area contributed by atoms with Gasteiger partial charge in [-0.05, 0) is 24.3 Å². The number of nitrogens with zero attached hydrogens (tertiary/aromatic N) is 1. The maximum Gasteiger partial charge on any atom is 0.423 e. The molecule has 188 valence electrons. The number of benzene rings is 2. The van der Waals surface area contributed by atoms with Gasteiger partial charge in [-0.3, -0.25) is 14.3 Å². The van der Waals surface area contributed by atoms with Crippen LogP contribution in [-0.4, -0.2) is 40.3 Å². The fourth-order valence-electron chi connectivity index (χ4n) is 3.64. The number of H-pyrrole nitrogens is 1. The first kappa shape index (κ1) is 24.9. The van der Waals surface area contributed by atoms with Crippen molar-refractivity contribution in [2.75, 3.05) is 6.61 Å². The van der Waals surface area contributed by atoms with Crippen molar-refractivity contribution in [3.8, 4) is 0 Å². The Labute approximate surface area is 201 Å². The van der Waals surface area contributed by atoms with Gasteiger partial charge in [-0.1, -0.05) is 36.4 Å². The van der Waals surface area contributed by atoms with E-state index >= 15 is 0 Å². The van der Waals surface area contributed by atoms with Gasteiger partial charge in [-0.15, -0.1) is 0 Å². The van der Waals surface area contributed by atoms with Gasteiger partial charge in [0.1, 0.15) is 30.6 Å². The van der Waals surface area contributed by atoms with Crippen LogP contribution in [0.5, 0.6) is 0 Å². The van der Waals surface area contributed by atoms with Crippen LogP contribution in [0.3, 0.4) is 0 Å². The first-order valence-corrected chi connectivity index (χ1v) is 10.7. The van der Waals surface area contributed by atoms with Crippen molar-refractivity contribution in [3.63, 3.8) is 0 Å². The van der Waals surface area contributed by atoms with E-state index in [1.165, 1.54) is 24.3 Å². The lowest BCUT2D eigenvalue weighted by atomic mass is 10.1. The molecule has 1 aliphatic heterocycles. The van der Waals surface area contributed by atoms with Crippen molar-refractivity contribution >= 4 is 11.9 Å². The smallest absolute Gasteiger partial charge is 0.423 e. The summed E-state index contributed by atoms with van der Waals surface area (Å²) in [4.78, 5) is 50.5. The van der Waals surface area contributed by atoms with E-state index in [1.54, 1.807) is 41.4 Å². The third kappa shape index (κ3) is 5.54. The zero-order valence-electron chi connectivity index (χ0n) is 18.4. The van der Waals surface area contributed by atoms with Crippen LogP contribution in [0.1, 0.15) is 38.9 Å². The summed E-state index contributed by atoms with van der Waals surface area (Å²) in [6.07, 6.45) is -8.45. The minimum Gasteiger partial charge on any atom is -0.459 e. The van der Waals surface area contributed by atoms with Crippen molar-refractivity contribution in [3.05, 3.63) is 104 Å². The average molecular weight is 504 g/mol. The highest BCUT2D eigenvalue weighted by atomic mass is 19.4. The topological polar surface area (TPSA) is 117 Å². The molecule has 3 aromatic rings. The molecule has 36 heavy (non-hydrogen) atoms. The van der Waals surface area contributed by atoms with E-state index in [0.29, 0.717) is 10.8 Å². The summed E-state index contributed by atoms with van der Waals surface area (Å²) in [5.41, 5.74) is -3.88. The highest BCUT2D eigenvalue weighted by Gasteiger charge is 2.42. The highest BCUT2D eigenvalue weighted by molar-refractivity contribution is 5.90. The molecule has 9 nitrogen and oxygen atoms in total.